The van der Waals surface area contributed by atoms with Crippen LogP contribution in [-0.2, 0) is 6.18 Å². The molecular weight excluding hydrogens is 242 g/mol. The number of para-hydroxylation sites is 1. The Kier molecular flexibility index (Phi) is 3.01. The molecule has 1 aromatic rings. The summed E-state index contributed by atoms with van der Waals surface area (Å²) in [7, 11) is 0. The number of rotatable bonds is 1. The lowest BCUT2D eigenvalue weighted by Crippen LogP contribution is -2.23. The van der Waals surface area contributed by atoms with E-state index in [1.807, 2.05) is 0 Å². The van der Waals surface area contributed by atoms with Crippen LogP contribution in [0.4, 0.5) is 23.2 Å². The number of benzene rings is 1. The molecule has 0 amide bonds. The van der Waals surface area contributed by atoms with Gasteiger partial charge in [-0.05, 0) is 12.1 Å². The van der Waals surface area contributed by atoms with Gasteiger partial charge in [0.1, 0.15) is 5.82 Å². The van der Waals surface area contributed by atoms with E-state index in [0.717, 1.165) is 24.0 Å². The molecule has 1 nitrogen and oxygen atoms in total. The molecule has 0 unspecified atom stereocenters. The van der Waals surface area contributed by atoms with Crippen molar-refractivity contribution >= 4 is 17.4 Å². The zero-order valence-corrected chi connectivity index (χ0v) is 9.04. The van der Waals surface area contributed by atoms with Gasteiger partial charge in [-0.15, -0.1) is 11.8 Å². The van der Waals surface area contributed by atoms with E-state index in [1.54, 1.807) is 0 Å². The van der Waals surface area contributed by atoms with Crippen LogP contribution in [-0.4, -0.2) is 18.2 Å². The van der Waals surface area contributed by atoms with Gasteiger partial charge in [-0.3, -0.25) is 0 Å². The monoisotopic (exact) mass is 251 g/mol. The van der Waals surface area contributed by atoms with Crippen molar-refractivity contribution in [3.63, 3.8) is 0 Å². The van der Waals surface area contributed by atoms with Crippen LogP contribution in [0.2, 0.25) is 0 Å². The van der Waals surface area contributed by atoms with E-state index in [0.29, 0.717) is 12.4 Å². The molecule has 1 aromatic carbocycles. The van der Waals surface area contributed by atoms with Crippen LogP contribution in [0.5, 0.6) is 0 Å². The first-order chi connectivity index (χ1) is 7.50. The second kappa shape index (κ2) is 4.16. The summed E-state index contributed by atoms with van der Waals surface area (Å²) in [5.74, 6) is 0.327. The summed E-state index contributed by atoms with van der Waals surface area (Å²) in [5.41, 5.74) is -1.21. The third kappa shape index (κ3) is 2.11. The standard InChI is InChI=1S/C10H9F4NS/c11-8-3-1-2-7(10(12,13)14)9(8)15-4-5-16-6-15/h1-3H,4-6H2. The van der Waals surface area contributed by atoms with Crippen molar-refractivity contribution in [1.29, 1.82) is 0 Å². The van der Waals surface area contributed by atoms with Crippen molar-refractivity contribution in [2.24, 2.45) is 0 Å². The predicted molar refractivity (Wildman–Crippen MR) is 56.1 cm³/mol. The highest BCUT2D eigenvalue weighted by molar-refractivity contribution is 7.99. The molecule has 0 bridgehead atoms. The molecular formula is C10H9F4NS. The molecule has 1 heterocycles. The number of thioether (sulfide) groups is 1. The molecule has 0 atom stereocenters. The fourth-order valence-electron chi connectivity index (χ4n) is 1.66. The Labute approximate surface area is 94.4 Å². The maximum absolute atomic E-state index is 13.5. The van der Waals surface area contributed by atoms with E-state index in [9.17, 15) is 17.6 Å². The van der Waals surface area contributed by atoms with Crippen molar-refractivity contribution in [1.82, 2.24) is 0 Å². The topological polar surface area (TPSA) is 3.24 Å². The van der Waals surface area contributed by atoms with Gasteiger partial charge in [0, 0.05) is 12.3 Å². The zero-order chi connectivity index (χ0) is 11.8. The Bertz CT molecular complexity index is 385. The lowest BCUT2D eigenvalue weighted by molar-refractivity contribution is -0.137. The van der Waals surface area contributed by atoms with Crippen LogP contribution < -0.4 is 4.90 Å². The molecule has 1 aliphatic heterocycles. The van der Waals surface area contributed by atoms with E-state index >= 15 is 0 Å². The normalized spacial score (nSPS) is 16.9. The Morgan fingerprint density at radius 2 is 2.00 bits per heavy atom. The van der Waals surface area contributed by atoms with Gasteiger partial charge in [-0.2, -0.15) is 13.2 Å². The highest BCUT2D eigenvalue weighted by Crippen LogP contribution is 2.39. The fourth-order valence-corrected chi connectivity index (χ4v) is 2.61. The quantitative estimate of drug-likeness (QED) is 0.704. The van der Waals surface area contributed by atoms with Crippen LogP contribution in [0.25, 0.3) is 0 Å². The molecule has 0 aliphatic carbocycles. The molecule has 88 valence electrons. The Morgan fingerprint density at radius 1 is 1.25 bits per heavy atom. The molecule has 1 fully saturated rings. The summed E-state index contributed by atoms with van der Waals surface area (Å²) in [6.07, 6.45) is -4.51. The lowest BCUT2D eigenvalue weighted by atomic mass is 10.1. The van der Waals surface area contributed by atoms with Gasteiger partial charge in [-0.1, -0.05) is 6.07 Å². The van der Waals surface area contributed by atoms with Crippen molar-refractivity contribution < 1.29 is 17.6 Å². The molecule has 2 rings (SSSR count). The van der Waals surface area contributed by atoms with Crippen LogP contribution in [0, 0.1) is 5.82 Å². The number of anilines is 1. The molecule has 1 aliphatic rings. The summed E-state index contributed by atoms with van der Waals surface area (Å²) in [6.45, 7) is 0.453. The van der Waals surface area contributed by atoms with Gasteiger partial charge >= 0.3 is 6.18 Å². The molecule has 0 aromatic heterocycles. The molecule has 0 spiro atoms. The van der Waals surface area contributed by atoms with Gasteiger partial charge in [0.2, 0.25) is 0 Å². The maximum Gasteiger partial charge on any atom is 0.418 e. The van der Waals surface area contributed by atoms with Crippen LogP contribution in [0.1, 0.15) is 5.56 Å². The minimum absolute atomic E-state index is 0.319. The minimum atomic E-state index is -4.51. The third-order valence-electron chi connectivity index (χ3n) is 2.36. The second-order valence-electron chi connectivity index (χ2n) is 3.43. The number of nitrogens with zero attached hydrogens (tertiary/aromatic N) is 1. The van der Waals surface area contributed by atoms with Crippen LogP contribution in [0.15, 0.2) is 18.2 Å². The highest BCUT2D eigenvalue weighted by Gasteiger charge is 2.36. The summed E-state index contributed by atoms with van der Waals surface area (Å²) < 4.78 is 51.5. The predicted octanol–water partition coefficient (Wildman–Crippen LogP) is 3.36. The van der Waals surface area contributed by atoms with Crippen LogP contribution in [0.3, 0.4) is 0 Å². The van der Waals surface area contributed by atoms with E-state index in [4.69, 9.17) is 0 Å². The lowest BCUT2D eigenvalue weighted by Gasteiger charge is -2.22. The van der Waals surface area contributed by atoms with Crippen molar-refractivity contribution in [2.75, 3.05) is 23.1 Å². The van der Waals surface area contributed by atoms with Crippen molar-refractivity contribution in [3.05, 3.63) is 29.6 Å². The molecule has 0 saturated carbocycles. The minimum Gasteiger partial charge on any atom is -0.359 e. The van der Waals surface area contributed by atoms with Gasteiger partial charge in [-0.25, -0.2) is 4.39 Å². The van der Waals surface area contributed by atoms with Gasteiger partial charge < -0.3 is 4.90 Å². The van der Waals surface area contributed by atoms with Gasteiger partial charge in [0.15, 0.2) is 0 Å². The highest BCUT2D eigenvalue weighted by atomic mass is 32.2. The maximum atomic E-state index is 13.5. The molecule has 6 heteroatoms. The summed E-state index contributed by atoms with van der Waals surface area (Å²) in [4.78, 5) is 1.43. The van der Waals surface area contributed by atoms with Gasteiger partial charge in [0.25, 0.3) is 0 Å². The van der Waals surface area contributed by atoms with E-state index in [-0.39, 0.29) is 5.69 Å². The number of hydrogen-bond donors (Lipinski definition) is 0. The number of halogens is 4. The second-order valence-corrected chi connectivity index (χ2v) is 4.51. The molecule has 16 heavy (non-hydrogen) atoms. The molecule has 0 N–H and O–H groups in total. The average molecular weight is 251 g/mol. The summed E-state index contributed by atoms with van der Waals surface area (Å²) >= 11 is 1.50. The average Bonchev–Trinajstić information content (AvgIpc) is 2.68. The number of alkyl halides is 3. The smallest absolute Gasteiger partial charge is 0.359 e. The Morgan fingerprint density at radius 3 is 2.56 bits per heavy atom. The van der Waals surface area contributed by atoms with E-state index in [1.165, 1.54) is 16.7 Å². The zero-order valence-electron chi connectivity index (χ0n) is 8.22. The SMILES string of the molecule is Fc1cccc(C(F)(F)F)c1N1CCSC1. The Hall–Kier alpha value is -0.910. The molecule has 0 radical (unpaired) electrons. The van der Waals surface area contributed by atoms with Crippen molar-refractivity contribution in [2.45, 2.75) is 6.18 Å². The van der Waals surface area contributed by atoms with Crippen molar-refractivity contribution in [3.8, 4) is 0 Å². The van der Waals surface area contributed by atoms with E-state index < -0.39 is 17.6 Å². The third-order valence-corrected chi connectivity index (χ3v) is 3.33. The first-order valence-electron chi connectivity index (χ1n) is 4.68. The fraction of sp³-hybridized carbons (Fsp3) is 0.400. The summed E-state index contributed by atoms with van der Waals surface area (Å²) in [5, 5.41) is 0. The number of hydrogen-bond acceptors (Lipinski definition) is 2. The first-order valence-corrected chi connectivity index (χ1v) is 5.84. The first kappa shape index (κ1) is 11.6. The molecule has 1 saturated heterocycles. The van der Waals surface area contributed by atoms with E-state index in [2.05, 4.69) is 0 Å². The van der Waals surface area contributed by atoms with Gasteiger partial charge in [0.05, 0.1) is 17.1 Å². The Balaban J connectivity index is 2.48. The summed E-state index contributed by atoms with van der Waals surface area (Å²) in [6, 6.07) is 3.07. The van der Waals surface area contributed by atoms with Crippen LogP contribution >= 0.6 is 11.8 Å². The largest absolute Gasteiger partial charge is 0.418 e.